The highest BCUT2D eigenvalue weighted by Crippen LogP contribution is 2.39. The summed E-state index contributed by atoms with van der Waals surface area (Å²) in [7, 11) is 0. The topological polar surface area (TPSA) is 77.9 Å². The molecule has 2 fully saturated rings. The van der Waals surface area contributed by atoms with E-state index < -0.39 is 29.9 Å². The van der Waals surface area contributed by atoms with Crippen LogP contribution in [0.4, 0.5) is 0 Å². The molecule has 1 aromatic heterocycles. The van der Waals surface area contributed by atoms with Gasteiger partial charge in [-0.3, -0.25) is 4.98 Å². The number of aromatic nitrogens is 1. The highest BCUT2D eigenvalue weighted by Gasteiger charge is 2.58. The third-order valence-corrected chi connectivity index (χ3v) is 4.06. The number of hydrogen-bond donors (Lipinski definition) is 1. The summed E-state index contributed by atoms with van der Waals surface area (Å²) in [6.07, 6.45) is 3.55. The Balaban J connectivity index is 1.83. The first-order valence-electron chi connectivity index (χ1n) is 7.23. The first-order valence-corrected chi connectivity index (χ1v) is 7.23. The molecule has 0 unspecified atom stereocenters. The van der Waals surface area contributed by atoms with E-state index in [4.69, 9.17) is 14.2 Å². The molecule has 0 bridgehead atoms. The number of aliphatic hydroxyl groups is 1. The summed E-state index contributed by atoms with van der Waals surface area (Å²) >= 11 is 0. The van der Waals surface area contributed by atoms with Crippen molar-refractivity contribution in [2.24, 2.45) is 0 Å². The monoisotopic (exact) mass is 305 g/mol. The molecule has 2 aliphatic rings. The zero-order valence-electron chi connectivity index (χ0n) is 12.4. The van der Waals surface area contributed by atoms with E-state index in [-0.39, 0.29) is 13.2 Å². The van der Waals surface area contributed by atoms with Crippen LogP contribution in [0.5, 0.6) is 0 Å². The zero-order valence-corrected chi connectivity index (χ0v) is 12.4. The molecule has 0 amide bonds. The number of aliphatic hydroxyl groups excluding tert-OH is 1. The Morgan fingerprint density at radius 3 is 3.14 bits per heavy atom. The van der Waals surface area contributed by atoms with E-state index in [9.17, 15) is 9.90 Å². The maximum atomic E-state index is 12.4. The molecule has 1 aromatic rings. The predicted molar refractivity (Wildman–Crippen MR) is 77.4 cm³/mol. The molecular weight excluding hydrogens is 286 g/mol. The fourth-order valence-corrected chi connectivity index (χ4v) is 3.02. The van der Waals surface area contributed by atoms with Crippen molar-refractivity contribution in [3.8, 4) is 0 Å². The van der Waals surface area contributed by atoms with E-state index in [0.29, 0.717) is 12.0 Å². The van der Waals surface area contributed by atoms with Crippen molar-refractivity contribution in [2.45, 2.75) is 37.3 Å². The molecule has 0 aliphatic carbocycles. The Labute approximate surface area is 128 Å². The average Bonchev–Trinajstić information content (AvgIpc) is 3.02. The molecule has 0 radical (unpaired) electrons. The van der Waals surface area contributed by atoms with Gasteiger partial charge in [-0.05, 0) is 18.6 Å². The van der Waals surface area contributed by atoms with E-state index in [2.05, 4.69) is 11.6 Å². The van der Waals surface area contributed by atoms with E-state index in [1.807, 2.05) is 6.92 Å². The van der Waals surface area contributed by atoms with Gasteiger partial charge in [0.15, 0.2) is 5.60 Å². The largest absolute Gasteiger partial charge is 0.450 e. The van der Waals surface area contributed by atoms with E-state index in [0.717, 1.165) is 5.56 Å². The molecule has 22 heavy (non-hydrogen) atoms. The fourth-order valence-electron chi connectivity index (χ4n) is 3.02. The van der Waals surface area contributed by atoms with E-state index in [1.165, 1.54) is 6.20 Å². The number of nitrogens with zero attached hydrogens (tertiary/aromatic N) is 1. The molecule has 118 valence electrons. The number of esters is 1. The van der Waals surface area contributed by atoms with Crippen LogP contribution in [-0.4, -0.2) is 53.2 Å². The second-order valence-corrected chi connectivity index (χ2v) is 5.79. The van der Waals surface area contributed by atoms with Crippen LogP contribution in [0.25, 0.3) is 0 Å². The van der Waals surface area contributed by atoms with Crippen molar-refractivity contribution < 1.29 is 24.1 Å². The Bertz CT molecular complexity index is 590. The van der Waals surface area contributed by atoms with Crippen LogP contribution in [0.1, 0.15) is 22.3 Å². The van der Waals surface area contributed by atoms with Crippen molar-refractivity contribution in [1.29, 1.82) is 0 Å². The lowest BCUT2D eigenvalue weighted by Gasteiger charge is -2.31. The fraction of sp³-hybridized carbons (Fsp3) is 0.500. The molecule has 0 spiro atoms. The van der Waals surface area contributed by atoms with Gasteiger partial charge in [-0.25, -0.2) is 4.79 Å². The molecule has 2 aliphatic heterocycles. The van der Waals surface area contributed by atoms with Gasteiger partial charge in [-0.1, -0.05) is 6.08 Å². The summed E-state index contributed by atoms with van der Waals surface area (Å²) in [4.78, 5) is 16.4. The Hall–Kier alpha value is -1.76. The van der Waals surface area contributed by atoms with E-state index in [1.54, 1.807) is 18.3 Å². The quantitative estimate of drug-likeness (QED) is 0.661. The smallest absolute Gasteiger partial charge is 0.340 e. The van der Waals surface area contributed by atoms with Crippen LogP contribution in [0.3, 0.4) is 0 Å². The standard InChI is InChI=1S/C16H19NO5/c1-3-4-16(9-21-13-12(18)8-20-14(13)16)22-15(19)11-5-10(2)6-17-7-11/h3,5-7,12-14,18H,1,4,8-9H2,2H3/t12-,13-,14+,16+/m1/s1. The van der Waals surface area contributed by atoms with Gasteiger partial charge in [0.05, 0.1) is 18.8 Å². The molecule has 6 heteroatoms. The van der Waals surface area contributed by atoms with Crippen LogP contribution in [0.2, 0.25) is 0 Å². The minimum atomic E-state index is -0.954. The summed E-state index contributed by atoms with van der Waals surface area (Å²) < 4.78 is 16.9. The molecule has 2 saturated heterocycles. The minimum absolute atomic E-state index is 0.177. The second-order valence-electron chi connectivity index (χ2n) is 5.79. The molecule has 4 atom stereocenters. The number of rotatable bonds is 4. The lowest BCUT2D eigenvalue weighted by Crippen LogP contribution is -2.47. The third kappa shape index (κ3) is 2.54. The molecular formula is C16H19NO5. The minimum Gasteiger partial charge on any atom is -0.450 e. The molecule has 6 nitrogen and oxygen atoms in total. The van der Waals surface area contributed by atoms with Crippen molar-refractivity contribution in [2.75, 3.05) is 13.2 Å². The van der Waals surface area contributed by atoms with Crippen LogP contribution in [-0.2, 0) is 14.2 Å². The Kier molecular flexibility index (Phi) is 3.99. The SMILES string of the molecule is C=CC[C@]1(OC(=O)c2cncc(C)c2)CO[C@@H]2[C@H](O)CO[C@@H]21. The van der Waals surface area contributed by atoms with Crippen molar-refractivity contribution in [3.63, 3.8) is 0 Å². The molecule has 0 saturated carbocycles. The summed E-state index contributed by atoms with van der Waals surface area (Å²) in [5.41, 5.74) is 0.302. The van der Waals surface area contributed by atoms with Crippen molar-refractivity contribution in [3.05, 3.63) is 42.2 Å². The van der Waals surface area contributed by atoms with Crippen LogP contribution < -0.4 is 0 Å². The molecule has 0 aromatic carbocycles. The number of pyridine rings is 1. The number of carbonyl (C=O) groups is 1. The van der Waals surface area contributed by atoms with Gasteiger partial charge in [0.2, 0.25) is 0 Å². The summed E-state index contributed by atoms with van der Waals surface area (Å²) in [6.45, 7) is 5.93. The highest BCUT2D eigenvalue weighted by atomic mass is 16.6. The third-order valence-electron chi connectivity index (χ3n) is 4.06. The van der Waals surface area contributed by atoms with Gasteiger partial charge in [-0.15, -0.1) is 6.58 Å². The van der Waals surface area contributed by atoms with Gasteiger partial charge in [0, 0.05) is 18.8 Å². The Morgan fingerprint density at radius 2 is 2.41 bits per heavy atom. The summed E-state index contributed by atoms with van der Waals surface area (Å²) in [6, 6.07) is 1.72. The van der Waals surface area contributed by atoms with E-state index >= 15 is 0 Å². The van der Waals surface area contributed by atoms with Crippen molar-refractivity contribution >= 4 is 5.97 Å². The number of aryl methyl sites for hydroxylation is 1. The summed E-state index contributed by atoms with van der Waals surface area (Å²) in [5, 5.41) is 9.86. The lowest BCUT2D eigenvalue weighted by atomic mass is 9.92. The molecule has 1 N–H and O–H groups in total. The first-order chi connectivity index (χ1) is 10.6. The van der Waals surface area contributed by atoms with Crippen LogP contribution in [0.15, 0.2) is 31.1 Å². The lowest BCUT2D eigenvalue weighted by molar-refractivity contribution is -0.0824. The maximum Gasteiger partial charge on any atom is 0.340 e. The van der Waals surface area contributed by atoms with Gasteiger partial charge in [0.25, 0.3) is 0 Å². The van der Waals surface area contributed by atoms with Gasteiger partial charge >= 0.3 is 5.97 Å². The number of hydrogen-bond acceptors (Lipinski definition) is 6. The van der Waals surface area contributed by atoms with Crippen LogP contribution >= 0.6 is 0 Å². The van der Waals surface area contributed by atoms with Crippen LogP contribution in [0, 0.1) is 6.92 Å². The number of ether oxygens (including phenoxy) is 3. The molecule has 3 heterocycles. The van der Waals surface area contributed by atoms with Crippen molar-refractivity contribution in [1.82, 2.24) is 4.98 Å². The normalized spacial score (nSPS) is 33.5. The summed E-state index contributed by atoms with van der Waals surface area (Å²) in [5.74, 6) is -0.479. The Morgan fingerprint density at radius 1 is 1.59 bits per heavy atom. The highest BCUT2D eigenvalue weighted by molar-refractivity contribution is 5.89. The molecule has 3 rings (SSSR count). The maximum absolute atomic E-state index is 12.4. The number of fused-ring (bicyclic) bond motifs is 1. The number of carbonyl (C=O) groups excluding carboxylic acids is 1. The predicted octanol–water partition coefficient (Wildman–Crippen LogP) is 1.02. The second kappa shape index (κ2) is 5.79. The van der Waals surface area contributed by atoms with Gasteiger partial charge < -0.3 is 19.3 Å². The van der Waals surface area contributed by atoms with Gasteiger partial charge in [0.1, 0.15) is 18.3 Å². The van der Waals surface area contributed by atoms with Gasteiger partial charge in [-0.2, -0.15) is 0 Å². The first kappa shape index (κ1) is 15.1. The zero-order chi connectivity index (χ0) is 15.7. The average molecular weight is 305 g/mol.